The Bertz CT molecular complexity index is 1380. The van der Waals surface area contributed by atoms with Crippen molar-refractivity contribution >= 4 is 40.6 Å². The van der Waals surface area contributed by atoms with E-state index in [9.17, 15) is 22.8 Å². The van der Waals surface area contributed by atoms with Crippen LogP contribution in [0.3, 0.4) is 0 Å². The van der Waals surface area contributed by atoms with E-state index in [0.29, 0.717) is 36.4 Å². The predicted octanol–water partition coefficient (Wildman–Crippen LogP) is 4.98. The maximum absolute atomic E-state index is 13.7. The standard InChI is InChI=1S/C25H23F3N6O3/c1-4-22(36)30-17-6-5-7-18(10-17)31-23-19(25(26,27)28)11-29-24(33-23)32-20-8-15-12-34(14(2)35)13-16(15)9-21(20)37-3/h4-11H,1,12-13H2,2-3H3,(H,30,36)(H2,29,31,32,33). The highest BCUT2D eigenvalue weighted by atomic mass is 19.4. The molecule has 0 fully saturated rings. The molecule has 4 rings (SSSR count). The molecule has 2 amide bonds. The predicted molar refractivity (Wildman–Crippen MR) is 132 cm³/mol. The topological polar surface area (TPSA) is 108 Å². The molecule has 3 N–H and O–H groups in total. The SMILES string of the molecule is C=CC(=O)Nc1cccc(Nc2nc(Nc3cc4c(cc3OC)CN(C(C)=O)C4)ncc2C(F)(F)F)c1. The highest BCUT2D eigenvalue weighted by molar-refractivity contribution is 5.99. The number of alkyl halides is 3. The molecule has 3 aromatic rings. The molecule has 1 aliphatic heterocycles. The van der Waals surface area contributed by atoms with E-state index in [2.05, 4.69) is 32.5 Å². The van der Waals surface area contributed by atoms with E-state index in [4.69, 9.17) is 4.74 Å². The maximum atomic E-state index is 13.7. The Labute approximate surface area is 210 Å². The molecule has 2 heterocycles. The molecule has 192 valence electrons. The van der Waals surface area contributed by atoms with Crippen LogP contribution >= 0.6 is 0 Å². The first-order valence-corrected chi connectivity index (χ1v) is 11.0. The summed E-state index contributed by atoms with van der Waals surface area (Å²) < 4.78 is 46.6. The average molecular weight is 512 g/mol. The number of nitrogens with one attached hydrogen (secondary N) is 3. The van der Waals surface area contributed by atoms with Crippen LogP contribution in [0, 0.1) is 0 Å². The van der Waals surface area contributed by atoms with Crippen molar-refractivity contribution in [2.24, 2.45) is 0 Å². The first kappa shape index (κ1) is 25.5. The lowest BCUT2D eigenvalue weighted by molar-refractivity contribution is -0.137. The average Bonchev–Trinajstić information content (AvgIpc) is 3.26. The number of methoxy groups -OCH3 is 1. The van der Waals surface area contributed by atoms with Crippen LogP contribution < -0.4 is 20.7 Å². The number of fused-ring (bicyclic) bond motifs is 1. The summed E-state index contributed by atoms with van der Waals surface area (Å²) in [5, 5.41) is 8.13. The number of aromatic nitrogens is 2. The summed E-state index contributed by atoms with van der Waals surface area (Å²) in [6.45, 7) is 5.70. The number of rotatable bonds is 7. The molecular weight excluding hydrogens is 489 g/mol. The van der Waals surface area contributed by atoms with Gasteiger partial charge in [0.15, 0.2) is 0 Å². The number of carbonyl (C=O) groups excluding carboxylic acids is 2. The second-order valence-corrected chi connectivity index (χ2v) is 8.17. The molecule has 2 aromatic carbocycles. The highest BCUT2D eigenvalue weighted by Gasteiger charge is 2.35. The van der Waals surface area contributed by atoms with Gasteiger partial charge in [0.05, 0.1) is 12.8 Å². The summed E-state index contributed by atoms with van der Waals surface area (Å²) in [6, 6.07) is 9.67. The van der Waals surface area contributed by atoms with Gasteiger partial charge in [-0.2, -0.15) is 18.2 Å². The lowest BCUT2D eigenvalue weighted by atomic mass is 10.1. The van der Waals surface area contributed by atoms with Gasteiger partial charge in [-0.25, -0.2) is 4.98 Å². The number of anilines is 5. The van der Waals surface area contributed by atoms with Gasteiger partial charge in [0, 0.05) is 37.6 Å². The molecule has 1 aliphatic rings. The second kappa shape index (κ2) is 10.2. The van der Waals surface area contributed by atoms with E-state index in [0.717, 1.165) is 17.2 Å². The Morgan fingerprint density at radius 3 is 2.46 bits per heavy atom. The lowest BCUT2D eigenvalue weighted by Crippen LogP contribution is -2.21. The second-order valence-electron chi connectivity index (χ2n) is 8.17. The summed E-state index contributed by atoms with van der Waals surface area (Å²) in [5.41, 5.74) is 1.77. The van der Waals surface area contributed by atoms with E-state index in [1.807, 2.05) is 0 Å². The van der Waals surface area contributed by atoms with Crippen molar-refractivity contribution in [3.63, 3.8) is 0 Å². The van der Waals surface area contributed by atoms with Crippen molar-refractivity contribution in [2.75, 3.05) is 23.1 Å². The normalized spacial score (nSPS) is 12.5. The fraction of sp³-hybridized carbons (Fsp3) is 0.200. The zero-order valence-electron chi connectivity index (χ0n) is 19.9. The monoisotopic (exact) mass is 512 g/mol. The van der Waals surface area contributed by atoms with Crippen molar-refractivity contribution in [1.82, 2.24) is 14.9 Å². The molecule has 12 heteroatoms. The van der Waals surface area contributed by atoms with E-state index in [1.54, 1.807) is 29.2 Å². The summed E-state index contributed by atoms with van der Waals surface area (Å²) in [6.07, 6.45) is -2.97. The van der Waals surface area contributed by atoms with Gasteiger partial charge in [-0.05, 0) is 47.5 Å². The van der Waals surface area contributed by atoms with Crippen molar-refractivity contribution in [1.29, 1.82) is 0 Å². The molecule has 0 unspecified atom stereocenters. The van der Waals surface area contributed by atoms with Crippen LogP contribution in [0.15, 0.2) is 55.3 Å². The van der Waals surface area contributed by atoms with E-state index >= 15 is 0 Å². The van der Waals surface area contributed by atoms with Crippen LogP contribution in [0.25, 0.3) is 0 Å². The molecule has 0 radical (unpaired) electrons. The minimum Gasteiger partial charge on any atom is -0.495 e. The summed E-state index contributed by atoms with van der Waals surface area (Å²) in [5.74, 6) is -0.699. The lowest BCUT2D eigenvalue weighted by Gasteiger charge is -2.16. The highest BCUT2D eigenvalue weighted by Crippen LogP contribution is 2.38. The van der Waals surface area contributed by atoms with Crippen LogP contribution in [0.1, 0.15) is 23.6 Å². The molecule has 0 aliphatic carbocycles. The molecule has 0 atom stereocenters. The van der Waals surface area contributed by atoms with Gasteiger partial charge in [-0.3, -0.25) is 9.59 Å². The van der Waals surface area contributed by atoms with Crippen LogP contribution in [0.4, 0.5) is 42.0 Å². The molecule has 37 heavy (non-hydrogen) atoms. The summed E-state index contributed by atoms with van der Waals surface area (Å²) >= 11 is 0. The zero-order valence-corrected chi connectivity index (χ0v) is 19.9. The minimum absolute atomic E-state index is 0.0698. The maximum Gasteiger partial charge on any atom is 0.421 e. The van der Waals surface area contributed by atoms with Crippen LogP contribution in [0.5, 0.6) is 5.75 Å². The van der Waals surface area contributed by atoms with Crippen molar-refractivity contribution < 1.29 is 27.5 Å². The van der Waals surface area contributed by atoms with Crippen LogP contribution in [0.2, 0.25) is 0 Å². The molecule has 0 saturated carbocycles. The number of ether oxygens (including phenoxy) is 1. The summed E-state index contributed by atoms with van der Waals surface area (Å²) in [4.78, 5) is 32.9. The Morgan fingerprint density at radius 2 is 1.81 bits per heavy atom. The van der Waals surface area contributed by atoms with Gasteiger partial charge in [0.1, 0.15) is 17.1 Å². The van der Waals surface area contributed by atoms with Gasteiger partial charge >= 0.3 is 6.18 Å². The van der Waals surface area contributed by atoms with Gasteiger partial charge < -0.3 is 25.6 Å². The molecule has 9 nitrogen and oxygen atoms in total. The fourth-order valence-electron chi connectivity index (χ4n) is 3.79. The first-order chi connectivity index (χ1) is 17.6. The van der Waals surface area contributed by atoms with Gasteiger partial charge in [0.25, 0.3) is 0 Å². The quantitative estimate of drug-likeness (QED) is 0.383. The third-order valence-corrected chi connectivity index (χ3v) is 5.61. The van der Waals surface area contributed by atoms with Crippen LogP contribution in [-0.4, -0.2) is 33.8 Å². The number of hydrogen-bond acceptors (Lipinski definition) is 7. The third-order valence-electron chi connectivity index (χ3n) is 5.61. The number of halogens is 3. The number of amides is 2. The minimum atomic E-state index is -4.73. The number of carbonyl (C=O) groups is 2. The molecular formula is C25H23F3N6O3. The Morgan fingerprint density at radius 1 is 1.11 bits per heavy atom. The van der Waals surface area contributed by atoms with Gasteiger partial charge in [-0.15, -0.1) is 0 Å². The first-order valence-electron chi connectivity index (χ1n) is 11.0. The van der Waals surface area contributed by atoms with E-state index in [-0.39, 0.29) is 17.5 Å². The number of nitrogens with zero attached hydrogens (tertiary/aromatic N) is 3. The number of hydrogen-bond donors (Lipinski definition) is 3. The van der Waals surface area contributed by atoms with Crippen molar-refractivity contribution in [3.05, 3.63) is 71.9 Å². The Balaban J connectivity index is 1.65. The smallest absolute Gasteiger partial charge is 0.421 e. The Hall–Kier alpha value is -4.61. The third kappa shape index (κ3) is 5.80. The van der Waals surface area contributed by atoms with Gasteiger partial charge in [0.2, 0.25) is 17.8 Å². The zero-order chi connectivity index (χ0) is 26.7. The molecule has 0 bridgehead atoms. The molecule has 0 spiro atoms. The largest absolute Gasteiger partial charge is 0.495 e. The fourth-order valence-corrected chi connectivity index (χ4v) is 3.79. The van der Waals surface area contributed by atoms with Crippen molar-refractivity contribution in [2.45, 2.75) is 26.2 Å². The Kier molecular flexibility index (Phi) is 7.00. The molecule has 1 aromatic heterocycles. The molecule has 0 saturated heterocycles. The number of benzene rings is 2. The van der Waals surface area contributed by atoms with E-state index < -0.39 is 23.5 Å². The summed E-state index contributed by atoms with van der Waals surface area (Å²) in [7, 11) is 1.46. The van der Waals surface area contributed by atoms with Crippen LogP contribution in [-0.2, 0) is 28.9 Å². The van der Waals surface area contributed by atoms with E-state index in [1.165, 1.54) is 26.2 Å². The van der Waals surface area contributed by atoms with Gasteiger partial charge in [-0.1, -0.05) is 12.6 Å². The van der Waals surface area contributed by atoms with Crippen molar-refractivity contribution in [3.8, 4) is 5.75 Å².